The fourth-order valence-corrected chi connectivity index (χ4v) is 2.56. The predicted molar refractivity (Wildman–Crippen MR) is 80.0 cm³/mol. The van der Waals surface area contributed by atoms with Crippen molar-refractivity contribution >= 4 is 23.8 Å². The molecular weight excluding hydrogens is 276 g/mol. The third-order valence-corrected chi connectivity index (χ3v) is 3.82. The second kappa shape index (κ2) is 9.25. The first-order valence-corrected chi connectivity index (χ1v) is 7.54. The molecule has 0 saturated heterocycles. The largest absolute Gasteiger partial charge is 0.481 e. The molecule has 0 radical (unpaired) electrons. The number of rotatable bonds is 8. The van der Waals surface area contributed by atoms with Crippen molar-refractivity contribution in [2.24, 2.45) is 0 Å². The highest BCUT2D eigenvalue weighted by atomic mass is 32.2. The van der Waals surface area contributed by atoms with E-state index >= 15 is 0 Å². The number of nitrogens with one attached hydrogen (secondary N) is 2. The highest BCUT2D eigenvalue weighted by molar-refractivity contribution is 7.99. The first-order chi connectivity index (χ1) is 9.61. The Kier molecular flexibility index (Phi) is 7.57. The lowest BCUT2D eigenvalue weighted by molar-refractivity contribution is -0.136. The van der Waals surface area contributed by atoms with E-state index in [-0.39, 0.29) is 25.0 Å². The number of hydrogen-bond donors (Lipinski definition) is 3. The van der Waals surface area contributed by atoms with Crippen LogP contribution in [0.5, 0.6) is 0 Å². The molecule has 1 aromatic carbocycles. The van der Waals surface area contributed by atoms with Gasteiger partial charge in [-0.3, -0.25) is 4.79 Å². The topological polar surface area (TPSA) is 78.4 Å². The molecule has 0 bridgehead atoms. The molecule has 0 spiro atoms. The first-order valence-electron chi connectivity index (χ1n) is 6.55. The van der Waals surface area contributed by atoms with Gasteiger partial charge in [0.15, 0.2) is 0 Å². The summed E-state index contributed by atoms with van der Waals surface area (Å²) >= 11 is 1.69. The number of amides is 2. The maximum absolute atomic E-state index is 11.6. The Hall–Kier alpha value is -1.69. The van der Waals surface area contributed by atoms with E-state index in [0.717, 1.165) is 12.2 Å². The summed E-state index contributed by atoms with van der Waals surface area (Å²) in [7, 11) is 0. The van der Waals surface area contributed by atoms with Gasteiger partial charge in [0.25, 0.3) is 0 Å². The van der Waals surface area contributed by atoms with Crippen LogP contribution in [0.15, 0.2) is 35.2 Å². The predicted octanol–water partition coefficient (Wildman–Crippen LogP) is 2.33. The summed E-state index contributed by atoms with van der Waals surface area (Å²) in [4.78, 5) is 23.1. The van der Waals surface area contributed by atoms with Crippen molar-refractivity contribution in [1.82, 2.24) is 10.6 Å². The minimum Gasteiger partial charge on any atom is -0.481 e. The van der Waals surface area contributed by atoms with Gasteiger partial charge in [-0.2, -0.15) is 0 Å². The van der Waals surface area contributed by atoms with Crippen molar-refractivity contribution in [1.29, 1.82) is 0 Å². The van der Waals surface area contributed by atoms with Gasteiger partial charge in [0.05, 0.1) is 6.42 Å². The van der Waals surface area contributed by atoms with E-state index in [1.54, 1.807) is 11.8 Å². The van der Waals surface area contributed by atoms with Gasteiger partial charge in [-0.1, -0.05) is 25.1 Å². The van der Waals surface area contributed by atoms with Crippen molar-refractivity contribution < 1.29 is 14.7 Å². The minimum atomic E-state index is -0.919. The smallest absolute Gasteiger partial charge is 0.315 e. The van der Waals surface area contributed by atoms with Gasteiger partial charge in [-0.15, -0.1) is 11.8 Å². The van der Waals surface area contributed by atoms with Crippen LogP contribution in [0.1, 0.15) is 19.8 Å². The zero-order chi connectivity index (χ0) is 14.8. The summed E-state index contributed by atoms with van der Waals surface area (Å²) in [5.41, 5.74) is 0. The zero-order valence-corrected chi connectivity index (χ0v) is 12.3. The summed E-state index contributed by atoms with van der Waals surface area (Å²) in [6.45, 7) is 2.15. The Morgan fingerprint density at radius 1 is 1.30 bits per heavy atom. The average Bonchev–Trinajstić information content (AvgIpc) is 2.44. The Balaban J connectivity index is 2.28. The minimum absolute atomic E-state index is 0.0602. The van der Waals surface area contributed by atoms with Crippen molar-refractivity contribution in [3.05, 3.63) is 30.3 Å². The molecule has 5 nitrogen and oxygen atoms in total. The molecule has 1 atom stereocenters. The van der Waals surface area contributed by atoms with Gasteiger partial charge in [0.1, 0.15) is 0 Å². The third kappa shape index (κ3) is 7.04. The molecule has 20 heavy (non-hydrogen) atoms. The molecule has 1 aromatic rings. The van der Waals surface area contributed by atoms with E-state index in [0.29, 0.717) is 0 Å². The lowest BCUT2D eigenvalue weighted by Gasteiger charge is -2.17. The van der Waals surface area contributed by atoms with E-state index in [9.17, 15) is 9.59 Å². The monoisotopic (exact) mass is 296 g/mol. The van der Waals surface area contributed by atoms with Crippen molar-refractivity contribution in [2.45, 2.75) is 30.7 Å². The summed E-state index contributed by atoms with van der Waals surface area (Å²) in [5, 5.41) is 13.9. The number of hydrogen-bond acceptors (Lipinski definition) is 3. The molecular formula is C14H20N2O3S. The van der Waals surface area contributed by atoms with Crippen LogP contribution in [0.4, 0.5) is 4.79 Å². The maximum atomic E-state index is 11.6. The Morgan fingerprint density at radius 3 is 2.60 bits per heavy atom. The van der Waals surface area contributed by atoms with Gasteiger partial charge >= 0.3 is 12.0 Å². The SMILES string of the molecule is CCC(CSc1ccccc1)NC(=O)NCCC(=O)O. The van der Waals surface area contributed by atoms with E-state index in [2.05, 4.69) is 10.6 Å². The number of aliphatic carboxylic acids is 1. The highest BCUT2D eigenvalue weighted by Crippen LogP contribution is 2.18. The van der Waals surface area contributed by atoms with Crippen LogP contribution in [-0.2, 0) is 4.79 Å². The van der Waals surface area contributed by atoms with Crippen molar-refractivity contribution in [3.63, 3.8) is 0 Å². The molecule has 1 rings (SSSR count). The molecule has 2 amide bonds. The summed E-state index contributed by atoms with van der Waals surface area (Å²) in [6, 6.07) is 9.74. The number of carboxylic acid groups (broad SMARTS) is 1. The number of urea groups is 1. The van der Waals surface area contributed by atoms with Crippen molar-refractivity contribution in [3.8, 4) is 0 Å². The zero-order valence-electron chi connectivity index (χ0n) is 11.5. The molecule has 0 aromatic heterocycles. The summed E-state index contributed by atoms with van der Waals surface area (Å²) in [6.07, 6.45) is 0.759. The lowest BCUT2D eigenvalue weighted by Crippen LogP contribution is -2.43. The molecule has 6 heteroatoms. The number of benzene rings is 1. The molecule has 0 aliphatic heterocycles. The van der Waals surface area contributed by atoms with Crippen LogP contribution in [0, 0.1) is 0 Å². The number of carbonyl (C=O) groups excluding carboxylic acids is 1. The van der Waals surface area contributed by atoms with E-state index < -0.39 is 5.97 Å². The average molecular weight is 296 g/mol. The maximum Gasteiger partial charge on any atom is 0.315 e. The van der Waals surface area contributed by atoms with Crippen LogP contribution < -0.4 is 10.6 Å². The molecule has 0 fully saturated rings. The molecule has 0 saturated carbocycles. The fourth-order valence-electron chi connectivity index (χ4n) is 1.49. The first kappa shape index (κ1) is 16.4. The van der Waals surface area contributed by atoms with Gasteiger partial charge in [-0.25, -0.2) is 4.79 Å². The number of carboxylic acids is 1. The van der Waals surface area contributed by atoms with Gasteiger partial charge in [0, 0.05) is 23.2 Å². The molecule has 110 valence electrons. The standard InChI is InChI=1S/C14H20N2O3S/c1-2-11(10-20-12-6-4-3-5-7-12)16-14(19)15-9-8-13(17)18/h3-7,11H,2,8-10H2,1H3,(H,17,18)(H2,15,16,19). The quantitative estimate of drug-likeness (QED) is 0.643. The Labute approximate surface area is 123 Å². The second-order valence-corrected chi connectivity index (χ2v) is 5.37. The molecule has 1 unspecified atom stereocenters. The molecule has 0 aliphatic carbocycles. The second-order valence-electron chi connectivity index (χ2n) is 4.27. The Bertz CT molecular complexity index is 426. The van der Waals surface area contributed by atoms with Gasteiger partial charge < -0.3 is 15.7 Å². The van der Waals surface area contributed by atoms with Crippen LogP contribution in [0.2, 0.25) is 0 Å². The van der Waals surface area contributed by atoms with E-state index in [4.69, 9.17) is 5.11 Å². The van der Waals surface area contributed by atoms with Gasteiger partial charge in [0.2, 0.25) is 0 Å². The van der Waals surface area contributed by atoms with Crippen LogP contribution in [0.3, 0.4) is 0 Å². The fraction of sp³-hybridized carbons (Fsp3) is 0.429. The molecule has 0 aliphatic rings. The normalized spacial score (nSPS) is 11.7. The van der Waals surface area contributed by atoms with Crippen molar-refractivity contribution in [2.75, 3.05) is 12.3 Å². The number of thioether (sulfide) groups is 1. The van der Waals surface area contributed by atoms with Crippen LogP contribution in [-0.4, -0.2) is 35.4 Å². The summed E-state index contributed by atoms with van der Waals surface area (Å²) < 4.78 is 0. The van der Waals surface area contributed by atoms with E-state index in [1.807, 2.05) is 37.3 Å². The van der Waals surface area contributed by atoms with Gasteiger partial charge in [-0.05, 0) is 18.6 Å². The lowest BCUT2D eigenvalue weighted by atomic mass is 10.3. The molecule has 3 N–H and O–H groups in total. The number of carbonyl (C=O) groups is 2. The molecule has 0 heterocycles. The van der Waals surface area contributed by atoms with Crippen LogP contribution >= 0.6 is 11.8 Å². The van der Waals surface area contributed by atoms with E-state index in [1.165, 1.54) is 4.90 Å². The Morgan fingerprint density at radius 2 is 2.00 bits per heavy atom. The highest BCUT2D eigenvalue weighted by Gasteiger charge is 2.10. The summed E-state index contributed by atoms with van der Waals surface area (Å²) in [5.74, 6) is -0.135. The third-order valence-electron chi connectivity index (χ3n) is 2.65. The van der Waals surface area contributed by atoms with Crippen LogP contribution in [0.25, 0.3) is 0 Å².